The second-order valence-corrected chi connectivity index (χ2v) is 6.73. The summed E-state index contributed by atoms with van der Waals surface area (Å²) in [7, 11) is 0. The quantitative estimate of drug-likeness (QED) is 0.921. The van der Waals surface area contributed by atoms with Gasteiger partial charge in [-0.1, -0.05) is 19.9 Å². The van der Waals surface area contributed by atoms with E-state index in [4.69, 9.17) is 4.98 Å². The molecule has 0 radical (unpaired) electrons. The summed E-state index contributed by atoms with van der Waals surface area (Å²) in [6, 6.07) is 5.09. The number of nitrogens with zero attached hydrogens (tertiary/aromatic N) is 3. The molecule has 2 saturated heterocycles. The molecule has 1 aromatic rings. The van der Waals surface area contributed by atoms with E-state index in [2.05, 4.69) is 47.3 Å². The van der Waals surface area contributed by atoms with Crippen LogP contribution in [0.5, 0.6) is 0 Å². The predicted molar refractivity (Wildman–Crippen MR) is 87.7 cm³/mol. The maximum absolute atomic E-state index is 4.73. The Morgan fingerprint density at radius 3 is 2.71 bits per heavy atom. The topological polar surface area (TPSA) is 31.4 Å². The SMILES string of the molecule is CC(C)CN1CCC[C@H]1c1ccc(N2CCNCC2)nc1. The molecule has 0 saturated carbocycles. The van der Waals surface area contributed by atoms with E-state index in [1.807, 2.05) is 0 Å². The molecule has 0 unspecified atom stereocenters. The van der Waals surface area contributed by atoms with Gasteiger partial charge in [0.25, 0.3) is 0 Å². The Morgan fingerprint density at radius 2 is 2.05 bits per heavy atom. The maximum atomic E-state index is 4.73. The van der Waals surface area contributed by atoms with Crippen molar-refractivity contribution in [1.82, 2.24) is 15.2 Å². The Morgan fingerprint density at radius 1 is 1.24 bits per heavy atom. The number of rotatable bonds is 4. The highest BCUT2D eigenvalue weighted by Gasteiger charge is 2.26. The lowest BCUT2D eigenvalue weighted by Crippen LogP contribution is -2.43. The summed E-state index contributed by atoms with van der Waals surface area (Å²) in [5, 5.41) is 3.39. The Labute approximate surface area is 128 Å². The fraction of sp³-hybridized carbons (Fsp3) is 0.706. The first-order valence-corrected chi connectivity index (χ1v) is 8.39. The molecule has 1 atom stereocenters. The van der Waals surface area contributed by atoms with Crippen LogP contribution in [-0.4, -0.2) is 49.2 Å². The molecule has 4 heteroatoms. The number of aromatic nitrogens is 1. The average molecular weight is 288 g/mol. The Kier molecular flexibility index (Phi) is 4.76. The number of piperazine rings is 1. The zero-order valence-corrected chi connectivity index (χ0v) is 13.4. The number of likely N-dealkylation sites (tertiary alicyclic amines) is 1. The first-order chi connectivity index (χ1) is 10.2. The van der Waals surface area contributed by atoms with E-state index in [1.165, 1.54) is 31.5 Å². The molecule has 116 valence electrons. The van der Waals surface area contributed by atoms with Crippen molar-refractivity contribution in [3.8, 4) is 0 Å². The lowest BCUT2D eigenvalue weighted by atomic mass is 10.1. The summed E-state index contributed by atoms with van der Waals surface area (Å²) in [4.78, 5) is 9.74. The van der Waals surface area contributed by atoms with Crippen LogP contribution in [0.4, 0.5) is 5.82 Å². The molecule has 1 N–H and O–H groups in total. The van der Waals surface area contributed by atoms with Crippen molar-refractivity contribution in [2.45, 2.75) is 32.7 Å². The zero-order chi connectivity index (χ0) is 14.7. The lowest BCUT2D eigenvalue weighted by Gasteiger charge is -2.29. The van der Waals surface area contributed by atoms with Crippen molar-refractivity contribution in [2.24, 2.45) is 5.92 Å². The van der Waals surface area contributed by atoms with Crippen molar-refractivity contribution in [3.05, 3.63) is 23.9 Å². The van der Waals surface area contributed by atoms with Crippen molar-refractivity contribution in [3.63, 3.8) is 0 Å². The number of nitrogens with one attached hydrogen (secondary N) is 1. The van der Waals surface area contributed by atoms with E-state index in [0.29, 0.717) is 6.04 Å². The summed E-state index contributed by atoms with van der Waals surface area (Å²) < 4.78 is 0. The molecular weight excluding hydrogens is 260 g/mol. The molecule has 0 spiro atoms. The van der Waals surface area contributed by atoms with Crippen LogP contribution < -0.4 is 10.2 Å². The second-order valence-electron chi connectivity index (χ2n) is 6.73. The Bertz CT molecular complexity index is 437. The third-order valence-corrected chi connectivity index (χ3v) is 4.56. The number of anilines is 1. The molecule has 2 fully saturated rings. The fourth-order valence-electron chi connectivity index (χ4n) is 3.57. The van der Waals surface area contributed by atoms with Gasteiger partial charge in [-0.05, 0) is 36.9 Å². The standard InChI is InChI=1S/C17H28N4/c1-14(2)13-21-9-3-4-16(21)15-5-6-17(19-12-15)20-10-7-18-8-11-20/h5-6,12,14,16,18H,3-4,7-11,13H2,1-2H3/t16-/m0/s1. The monoisotopic (exact) mass is 288 g/mol. The second kappa shape index (κ2) is 6.75. The van der Waals surface area contributed by atoms with Gasteiger partial charge in [-0.3, -0.25) is 4.90 Å². The van der Waals surface area contributed by atoms with Gasteiger partial charge < -0.3 is 10.2 Å². The molecule has 0 aromatic carbocycles. The molecule has 21 heavy (non-hydrogen) atoms. The smallest absolute Gasteiger partial charge is 0.128 e. The van der Waals surface area contributed by atoms with Gasteiger partial charge in [0.2, 0.25) is 0 Å². The fourth-order valence-corrected chi connectivity index (χ4v) is 3.57. The summed E-state index contributed by atoms with van der Waals surface area (Å²) in [6.07, 6.45) is 4.71. The number of hydrogen-bond acceptors (Lipinski definition) is 4. The van der Waals surface area contributed by atoms with Gasteiger partial charge in [0.05, 0.1) is 0 Å². The highest BCUT2D eigenvalue weighted by Crippen LogP contribution is 2.32. The highest BCUT2D eigenvalue weighted by atomic mass is 15.2. The van der Waals surface area contributed by atoms with E-state index in [1.54, 1.807) is 0 Å². The molecule has 0 bridgehead atoms. The van der Waals surface area contributed by atoms with Crippen molar-refractivity contribution in [2.75, 3.05) is 44.2 Å². The van der Waals surface area contributed by atoms with Gasteiger partial charge in [-0.25, -0.2) is 4.98 Å². The summed E-state index contributed by atoms with van der Waals surface area (Å²) in [5.41, 5.74) is 1.40. The van der Waals surface area contributed by atoms with Crippen LogP contribution in [0.3, 0.4) is 0 Å². The summed E-state index contributed by atoms with van der Waals surface area (Å²) >= 11 is 0. The van der Waals surface area contributed by atoms with Crippen molar-refractivity contribution in [1.29, 1.82) is 0 Å². The molecule has 3 rings (SSSR count). The van der Waals surface area contributed by atoms with Crippen LogP contribution >= 0.6 is 0 Å². The van der Waals surface area contributed by atoms with Crippen molar-refractivity contribution < 1.29 is 0 Å². The molecular formula is C17H28N4. The van der Waals surface area contributed by atoms with E-state index in [-0.39, 0.29) is 0 Å². The van der Waals surface area contributed by atoms with Gasteiger partial charge in [0, 0.05) is 45.0 Å². The minimum Gasteiger partial charge on any atom is -0.354 e. The van der Waals surface area contributed by atoms with Gasteiger partial charge in [-0.2, -0.15) is 0 Å². The third-order valence-electron chi connectivity index (χ3n) is 4.56. The molecule has 0 aliphatic carbocycles. The molecule has 2 aliphatic heterocycles. The largest absolute Gasteiger partial charge is 0.354 e. The van der Waals surface area contributed by atoms with E-state index < -0.39 is 0 Å². The number of pyridine rings is 1. The Balaban J connectivity index is 1.68. The molecule has 1 aromatic heterocycles. The minimum absolute atomic E-state index is 0.581. The average Bonchev–Trinajstić information content (AvgIpc) is 2.96. The first kappa shape index (κ1) is 14.8. The van der Waals surface area contributed by atoms with E-state index in [9.17, 15) is 0 Å². The molecule has 0 amide bonds. The maximum Gasteiger partial charge on any atom is 0.128 e. The van der Waals surface area contributed by atoms with Gasteiger partial charge in [0.1, 0.15) is 5.82 Å². The highest BCUT2D eigenvalue weighted by molar-refractivity contribution is 5.40. The van der Waals surface area contributed by atoms with Gasteiger partial charge in [0.15, 0.2) is 0 Å². The van der Waals surface area contributed by atoms with E-state index in [0.717, 1.165) is 37.9 Å². The van der Waals surface area contributed by atoms with Crippen LogP contribution in [0, 0.1) is 5.92 Å². The normalized spacial score (nSPS) is 24.0. The van der Waals surface area contributed by atoms with Crippen LogP contribution in [0.15, 0.2) is 18.3 Å². The van der Waals surface area contributed by atoms with Gasteiger partial charge in [-0.15, -0.1) is 0 Å². The zero-order valence-electron chi connectivity index (χ0n) is 13.4. The third kappa shape index (κ3) is 3.55. The molecule has 3 heterocycles. The van der Waals surface area contributed by atoms with Gasteiger partial charge >= 0.3 is 0 Å². The lowest BCUT2D eigenvalue weighted by molar-refractivity contribution is 0.228. The Hall–Kier alpha value is -1.13. The first-order valence-electron chi connectivity index (χ1n) is 8.39. The summed E-state index contributed by atoms with van der Waals surface area (Å²) in [6.45, 7) is 11.3. The molecule has 2 aliphatic rings. The molecule has 4 nitrogen and oxygen atoms in total. The van der Waals surface area contributed by atoms with Crippen LogP contribution in [0.1, 0.15) is 38.3 Å². The van der Waals surface area contributed by atoms with Crippen LogP contribution in [0.25, 0.3) is 0 Å². The predicted octanol–water partition coefficient (Wildman–Crippen LogP) is 2.28. The van der Waals surface area contributed by atoms with Crippen LogP contribution in [-0.2, 0) is 0 Å². The van der Waals surface area contributed by atoms with Crippen LogP contribution in [0.2, 0.25) is 0 Å². The van der Waals surface area contributed by atoms with Crippen molar-refractivity contribution >= 4 is 5.82 Å². The van der Waals surface area contributed by atoms with E-state index >= 15 is 0 Å². The summed E-state index contributed by atoms with van der Waals surface area (Å²) in [5.74, 6) is 1.87. The minimum atomic E-state index is 0.581. The number of hydrogen-bond donors (Lipinski definition) is 1.